The van der Waals surface area contributed by atoms with Crippen molar-refractivity contribution in [2.75, 3.05) is 0 Å². The molecule has 8 heteroatoms. The van der Waals surface area contributed by atoms with Crippen molar-refractivity contribution in [3.63, 3.8) is 0 Å². The van der Waals surface area contributed by atoms with E-state index in [0.717, 1.165) is 0 Å². The summed E-state index contributed by atoms with van der Waals surface area (Å²) in [6.07, 6.45) is -0.0112. The maximum absolute atomic E-state index is 14.1. The van der Waals surface area contributed by atoms with Crippen molar-refractivity contribution in [3.05, 3.63) is 82.9 Å². The Bertz CT molecular complexity index is 1750. The molecule has 0 unspecified atom stereocenters. The second-order valence-electron chi connectivity index (χ2n) is 13.7. The average molecular weight is 607 g/mol. The van der Waals surface area contributed by atoms with Gasteiger partial charge in [0.2, 0.25) is 0 Å². The van der Waals surface area contributed by atoms with Crippen molar-refractivity contribution in [3.8, 4) is 11.5 Å². The van der Waals surface area contributed by atoms with Gasteiger partial charge in [-0.25, -0.2) is 0 Å². The van der Waals surface area contributed by atoms with Crippen molar-refractivity contribution >= 4 is 45.2 Å². The van der Waals surface area contributed by atoms with Crippen LogP contribution in [0.4, 0.5) is 0 Å². The Morgan fingerprint density at radius 2 is 0.867 bits per heavy atom. The number of carbonyl (C=O) groups is 4. The summed E-state index contributed by atoms with van der Waals surface area (Å²) in [5.41, 5.74) is -0.516. The van der Waals surface area contributed by atoms with Crippen molar-refractivity contribution < 1.29 is 28.7 Å². The molecular formula is C37H38N2O6. The van der Waals surface area contributed by atoms with E-state index in [9.17, 15) is 19.2 Å². The third-order valence-electron chi connectivity index (χ3n) is 8.54. The first kappa shape index (κ1) is 30.3. The SMILES string of the molecule is CC(C)Oc1ccc2c3c(cccc13)C(=O)N(C(C)(C)CC(C)(C)N1C(=O)c3cccc4c(OC(C)C)ccc(c34)C1=O)C2=O. The molecule has 0 bridgehead atoms. The van der Waals surface area contributed by atoms with Gasteiger partial charge < -0.3 is 9.47 Å². The largest absolute Gasteiger partial charge is 0.490 e. The molecule has 232 valence electrons. The van der Waals surface area contributed by atoms with Gasteiger partial charge >= 0.3 is 0 Å². The molecule has 6 rings (SSSR count). The van der Waals surface area contributed by atoms with E-state index in [0.29, 0.717) is 55.3 Å². The molecule has 0 aliphatic carbocycles. The monoisotopic (exact) mass is 606 g/mol. The Balaban J connectivity index is 1.36. The minimum atomic E-state index is -1.08. The van der Waals surface area contributed by atoms with Crippen LogP contribution in [0.3, 0.4) is 0 Å². The number of ether oxygens (including phenoxy) is 2. The van der Waals surface area contributed by atoms with E-state index in [1.807, 2.05) is 39.8 Å². The van der Waals surface area contributed by atoms with E-state index in [1.165, 1.54) is 9.80 Å². The first-order chi connectivity index (χ1) is 21.1. The predicted molar refractivity (Wildman–Crippen MR) is 173 cm³/mol. The van der Waals surface area contributed by atoms with Crippen LogP contribution in [-0.2, 0) is 0 Å². The Hall–Kier alpha value is -4.72. The molecule has 0 aromatic heterocycles. The third kappa shape index (κ3) is 4.74. The van der Waals surface area contributed by atoms with Crippen LogP contribution < -0.4 is 9.47 Å². The number of hydrogen-bond donors (Lipinski definition) is 0. The highest BCUT2D eigenvalue weighted by Crippen LogP contribution is 2.43. The lowest BCUT2D eigenvalue weighted by Gasteiger charge is -2.47. The molecule has 4 aromatic carbocycles. The molecule has 4 amide bonds. The van der Waals surface area contributed by atoms with Gasteiger partial charge in [-0.1, -0.05) is 24.3 Å². The van der Waals surface area contributed by atoms with E-state index in [1.54, 1.807) is 76.2 Å². The van der Waals surface area contributed by atoms with Crippen LogP contribution in [0.1, 0.15) is 103 Å². The lowest BCUT2D eigenvalue weighted by molar-refractivity contribution is 0.0219. The maximum atomic E-state index is 14.1. The van der Waals surface area contributed by atoms with Gasteiger partial charge in [0.15, 0.2) is 0 Å². The fraction of sp³-hybridized carbons (Fsp3) is 0.351. The minimum absolute atomic E-state index is 0.0794. The lowest BCUT2D eigenvalue weighted by Crippen LogP contribution is -2.60. The number of imide groups is 2. The molecule has 0 atom stereocenters. The number of rotatable bonds is 8. The molecule has 0 spiro atoms. The van der Waals surface area contributed by atoms with Crippen LogP contribution in [0.2, 0.25) is 0 Å². The Labute approximate surface area is 262 Å². The van der Waals surface area contributed by atoms with E-state index >= 15 is 0 Å². The number of carbonyl (C=O) groups excluding carboxylic acids is 4. The van der Waals surface area contributed by atoms with Crippen molar-refractivity contribution in [1.82, 2.24) is 9.80 Å². The third-order valence-corrected chi connectivity index (χ3v) is 8.54. The molecule has 45 heavy (non-hydrogen) atoms. The summed E-state index contributed by atoms with van der Waals surface area (Å²) in [7, 11) is 0. The number of nitrogens with zero attached hydrogens (tertiary/aromatic N) is 2. The highest BCUT2D eigenvalue weighted by molar-refractivity contribution is 6.27. The zero-order chi connectivity index (χ0) is 32.6. The van der Waals surface area contributed by atoms with Crippen LogP contribution in [-0.4, -0.2) is 56.7 Å². The zero-order valence-electron chi connectivity index (χ0n) is 27.0. The van der Waals surface area contributed by atoms with E-state index < -0.39 is 34.7 Å². The van der Waals surface area contributed by atoms with Gasteiger partial charge in [-0.15, -0.1) is 0 Å². The first-order valence-electron chi connectivity index (χ1n) is 15.4. The molecule has 0 saturated heterocycles. The van der Waals surface area contributed by atoms with Gasteiger partial charge in [-0.2, -0.15) is 0 Å². The van der Waals surface area contributed by atoms with Gasteiger partial charge in [-0.3, -0.25) is 29.0 Å². The quantitative estimate of drug-likeness (QED) is 0.194. The van der Waals surface area contributed by atoms with Crippen molar-refractivity contribution in [2.45, 2.75) is 85.1 Å². The van der Waals surface area contributed by atoms with Gasteiger partial charge in [-0.05, 0) is 98.2 Å². The number of benzene rings is 4. The predicted octanol–water partition coefficient (Wildman–Crippen LogP) is 7.41. The molecular weight excluding hydrogens is 568 g/mol. The second-order valence-corrected chi connectivity index (χ2v) is 13.7. The van der Waals surface area contributed by atoms with Crippen molar-refractivity contribution in [1.29, 1.82) is 0 Å². The maximum Gasteiger partial charge on any atom is 0.261 e. The summed E-state index contributed by atoms with van der Waals surface area (Å²) in [4.78, 5) is 58.9. The van der Waals surface area contributed by atoms with Crippen LogP contribution >= 0.6 is 0 Å². The Kier molecular flexibility index (Phi) is 7.03. The zero-order valence-corrected chi connectivity index (χ0v) is 27.0. The molecule has 2 heterocycles. The van der Waals surface area contributed by atoms with Gasteiger partial charge in [0.1, 0.15) is 11.5 Å². The average Bonchev–Trinajstić information content (AvgIpc) is 2.94. The molecule has 0 N–H and O–H groups in total. The van der Waals surface area contributed by atoms with Crippen LogP contribution in [0, 0.1) is 0 Å². The highest BCUT2D eigenvalue weighted by Gasteiger charge is 2.49. The summed E-state index contributed by atoms with van der Waals surface area (Å²) in [5.74, 6) is -0.482. The summed E-state index contributed by atoms with van der Waals surface area (Å²) >= 11 is 0. The second kappa shape index (κ2) is 10.4. The summed E-state index contributed by atoms with van der Waals surface area (Å²) in [5, 5.41) is 2.56. The van der Waals surface area contributed by atoms with Gasteiger partial charge in [0, 0.05) is 54.9 Å². The smallest absolute Gasteiger partial charge is 0.261 e. The molecule has 2 aliphatic rings. The lowest BCUT2D eigenvalue weighted by atomic mass is 9.80. The minimum Gasteiger partial charge on any atom is -0.490 e. The van der Waals surface area contributed by atoms with Gasteiger partial charge in [0.05, 0.1) is 12.2 Å². The van der Waals surface area contributed by atoms with E-state index in [4.69, 9.17) is 9.47 Å². The standard InChI is InChI=1S/C37H38N2O6/c1-20(2)44-28-17-15-26-30-22(28)11-9-13-24(30)32(40)38(34(26)42)36(5,6)19-37(7,8)39-33(41)25-14-10-12-23-29(45-21(3)4)18-16-27(31(23)25)35(39)43/h9-18,20-21H,19H2,1-8H3. The molecule has 0 fully saturated rings. The van der Waals surface area contributed by atoms with E-state index in [-0.39, 0.29) is 18.6 Å². The summed E-state index contributed by atoms with van der Waals surface area (Å²) < 4.78 is 12.0. The highest BCUT2D eigenvalue weighted by atomic mass is 16.5. The molecule has 4 aromatic rings. The van der Waals surface area contributed by atoms with Crippen LogP contribution in [0.25, 0.3) is 21.5 Å². The number of hydrogen-bond acceptors (Lipinski definition) is 6. The topological polar surface area (TPSA) is 93.2 Å². The number of amides is 4. The van der Waals surface area contributed by atoms with Gasteiger partial charge in [0.25, 0.3) is 23.6 Å². The molecule has 0 radical (unpaired) electrons. The molecule has 2 aliphatic heterocycles. The van der Waals surface area contributed by atoms with Crippen molar-refractivity contribution in [2.24, 2.45) is 0 Å². The van der Waals surface area contributed by atoms with Crippen LogP contribution in [0.5, 0.6) is 11.5 Å². The van der Waals surface area contributed by atoms with E-state index in [2.05, 4.69) is 0 Å². The molecule has 8 nitrogen and oxygen atoms in total. The first-order valence-corrected chi connectivity index (χ1v) is 15.4. The normalized spacial score (nSPS) is 15.2. The summed E-state index contributed by atoms with van der Waals surface area (Å²) in [6, 6.07) is 17.7. The Morgan fingerprint density at radius 3 is 1.20 bits per heavy atom. The fourth-order valence-corrected chi connectivity index (χ4v) is 7.17. The summed E-state index contributed by atoms with van der Waals surface area (Å²) in [6.45, 7) is 14.9. The molecule has 0 saturated carbocycles. The van der Waals surface area contributed by atoms with Crippen LogP contribution in [0.15, 0.2) is 60.7 Å². The Morgan fingerprint density at radius 1 is 0.533 bits per heavy atom. The fourth-order valence-electron chi connectivity index (χ4n) is 7.17.